The van der Waals surface area contributed by atoms with Crippen LogP contribution >= 0.6 is 0 Å². The summed E-state index contributed by atoms with van der Waals surface area (Å²) >= 11 is 0. The molecule has 1 atom stereocenters. The number of aromatic nitrogens is 3. The van der Waals surface area contributed by atoms with Crippen LogP contribution in [-0.4, -0.2) is 70.6 Å². The van der Waals surface area contributed by atoms with Gasteiger partial charge in [0.1, 0.15) is 0 Å². The predicted molar refractivity (Wildman–Crippen MR) is 80.4 cm³/mol. The quantitative estimate of drug-likeness (QED) is 0.805. The number of hydrogen-bond donors (Lipinski definition) is 1. The number of piperazine rings is 1. The van der Waals surface area contributed by atoms with E-state index in [-0.39, 0.29) is 0 Å². The van der Waals surface area contributed by atoms with Crippen molar-refractivity contribution >= 4 is 0 Å². The molecule has 1 aliphatic heterocycles. The van der Waals surface area contributed by atoms with Gasteiger partial charge >= 0.3 is 0 Å². The Morgan fingerprint density at radius 1 is 1.20 bits per heavy atom. The molecule has 2 rings (SSSR count). The van der Waals surface area contributed by atoms with Crippen molar-refractivity contribution < 1.29 is 0 Å². The predicted octanol–water partition coefficient (Wildman–Crippen LogP) is 0.177. The molecule has 1 aromatic heterocycles. The zero-order valence-electron chi connectivity index (χ0n) is 13.2. The summed E-state index contributed by atoms with van der Waals surface area (Å²) < 4.78 is 1.83. The van der Waals surface area contributed by atoms with Gasteiger partial charge in [0.25, 0.3) is 0 Å². The van der Waals surface area contributed by atoms with Crippen LogP contribution in [0.2, 0.25) is 0 Å². The molecule has 6 heteroatoms. The Balaban J connectivity index is 1.82. The van der Waals surface area contributed by atoms with Crippen molar-refractivity contribution in [2.75, 3.05) is 39.8 Å². The van der Waals surface area contributed by atoms with Gasteiger partial charge in [-0.25, -0.2) is 0 Å². The second kappa shape index (κ2) is 7.15. The van der Waals surface area contributed by atoms with Crippen LogP contribution in [-0.2, 0) is 13.6 Å². The third kappa shape index (κ3) is 4.01. The second-order valence-electron chi connectivity index (χ2n) is 6.13. The summed E-state index contributed by atoms with van der Waals surface area (Å²) in [5.74, 6) is 0.663. The lowest BCUT2D eigenvalue weighted by atomic mass is 10.0. The van der Waals surface area contributed by atoms with Gasteiger partial charge in [0.05, 0.1) is 11.9 Å². The lowest BCUT2D eigenvalue weighted by molar-refractivity contribution is 0.0874. The van der Waals surface area contributed by atoms with Crippen LogP contribution in [0.1, 0.15) is 19.5 Å². The van der Waals surface area contributed by atoms with E-state index in [1.807, 2.05) is 17.9 Å². The molecule has 0 amide bonds. The maximum absolute atomic E-state index is 3.96. The summed E-state index contributed by atoms with van der Waals surface area (Å²) in [7, 11) is 4.14. The molecule has 0 saturated carbocycles. The lowest BCUT2D eigenvalue weighted by Gasteiger charge is -2.40. The van der Waals surface area contributed by atoms with Gasteiger partial charge in [-0.1, -0.05) is 19.1 Å². The van der Waals surface area contributed by atoms with Gasteiger partial charge in [-0.15, -0.1) is 5.10 Å². The van der Waals surface area contributed by atoms with E-state index in [0.717, 1.165) is 18.8 Å². The lowest BCUT2D eigenvalue weighted by Crippen LogP contribution is -2.53. The standard InChI is InChI=1S/C14H28N6/c1-12(2)14(20-7-5-18(3)6-8-20)11-15-9-13-10-16-17-19(13)4/h10,12,14-15H,5-9,11H2,1-4H3. The summed E-state index contributed by atoms with van der Waals surface area (Å²) in [6.45, 7) is 11.2. The van der Waals surface area contributed by atoms with Crippen molar-refractivity contribution in [3.63, 3.8) is 0 Å². The molecule has 1 saturated heterocycles. The number of hydrogen-bond acceptors (Lipinski definition) is 5. The van der Waals surface area contributed by atoms with Gasteiger partial charge in [-0.3, -0.25) is 9.58 Å². The fourth-order valence-electron chi connectivity index (χ4n) is 2.76. The van der Waals surface area contributed by atoms with E-state index in [9.17, 15) is 0 Å². The van der Waals surface area contributed by atoms with E-state index >= 15 is 0 Å². The molecule has 0 radical (unpaired) electrons. The zero-order valence-corrected chi connectivity index (χ0v) is 13.2. The van der Waals surface area contributed by atoms with Gasteiger partial charge < -0.3 is 10.2 Å². The Labute approximate surface area is 122 Å². The monoisotopic (exact) mass is 280 g/mol. The molecule has 114 valence electrons. The average Bonchev–Trinajstić information content (AvgIpc) is 2.81. The zero-order chi connectivity index (χ0) is 14.5. The minimum absolute atomic E-state index is 0.602. The maximum atomic E-state index is 3.96. The van der Waals surface area contributed by atoms with E-state index < -0.39 is 0 Å². The molecular formula is C14H28N6. The molecule has 0 spiro atoms. The molecule has 1 N–H and O–H groups in total. The van der Waals surface area contributed by atoms with Crippen molar-refractivity contribution in [1.82, 2.24) is 30.1 Å². The Hall–Kier alpha value is -0.980. The Morgan fingerprint density at radius 2 is 1.90 bits per heavy atom. The third-order valence-electron chi connectivity index (χ3n) is 4.24. The third-order valence-corrected chi connectivity index (χ3v) is 4.24. The number of nitrogens with zero attached hydrogens (tertiary/aromatic N) is 5. The SMILES string of the molecule is CC(C)C(CNCc1cnnn1C)N1CCN(C)CC1. The van der Waals surface area contributed by atoms with Gasteiger partial charge in [0.2, 0.25) is 0 Å². The second-order valence-corrected chi connectivity index (χ2v) is 6.13. The first-order chi connectivity index (χ1) is 9.58. The normalized spacial score (nSPS) is 19.6. The van der Waals surface area contributed by atoms with Crippen LogP contribution in [0, 0.1) is 5.92 Å². The number of rotatable bonds is 6. The fraction of sp³-hybridized carbons (Fsp3) is 0.857. The molecule has 0 aliphatic carbocycles. The first-order valence-corrected chi connectivity index (χ1v) is 7.54. The maximum Gasteiger partial charge on any atom is 0.0738 e. The molecular weight excluding hydrogens is 252 g/mol. The van der Waals surface area contributed by atoms with Crippen molar-refractivity contribution in [1.29, 1.82) is 0 Å². The molecule has 1 fully saturated rings. The van der Waals surface area contributed by atoms with Crippen LogP contribution in [0.3, 0.4) is 0 Å². The minimum atomic E-state index is 0.602. The number of nitrogens with one attached hydrogen (secondary N) is 1. The number of likely N-dealkylation sites (N-methyl/N-ethyl adjacent to an activating group) is 1. The van der Waals surface area contributed by atoms with Crippen LogP contribution in [0.5, 0.6) is 0 Å². The summed E-state index contributed by atoms with van der Waals surface area (Å²) in [5.41, 5.74) is 1.13. The van der Waals surface area contributed by atoms with Gasteiger partial charge in [-0.2, -0.15) is 0 Å². The van der Waals surface area contributed by atoms with E-state index in [1.54, 1.807) is 0 Å². The van der Waals surface area contributed by atoms with Crippen LogP contribution in [0.15, 0.2) is 6.20 Å². The molecule has 1 aliphatic rings. The van der Waals surface area contributed by atoms with E-state index in [2.05, 4.69) is 46.3 Å². The first kappa shape index (κ1) is 15.4. The van der Waals surface area contributed by atoms with E-state index in [4.69, 9.17) is 0 Å². The molecule has 0 bridgehead atoms. The highest BCUT2D eigenvalue weighted by Crippen LogP contribution is 2.13. The largest absolute Gasteiger partial charge is 0.310 e. The Kier molecular flexibility index (Phi) is 5.51. The van der Waals surface area contributed by atoms with Gasteiger partial charge in [0.15, 0.2) is 0 Å². The highest BCUT2D eigenvalue weighted by atomic mass is 15.4. The van der Waals surface area contributed by atoms with Crippen LogP contribution in [0.25, 0.3) is 0 Å². The topological polar surface area (TPSA) is 49.2 Å². The van der Waals surface area contributed by atoms with Crippen LogP contribution in [0.4, 0.5) is 0 Å². The first-order valence-electron chi connectivity index (χ1n) is 7.54. The van der Waals surface area contributed by atoms with Crippen molar-refractivity contribution in [3.8, 4) is 0 Å². The smallest absolute Gasteiger partial charge is 0.0738 e. The Bertz CT molecular complexity index is 394. The van der Waals surface area contributed by atoms with E-state index in [1.165, 1.54) is 26.2 Å². The van der Waals surface area contributed by atoms with Crippen molar-refractivity contribution in [2.45, 2.75) is 26.4 Å². The molecule has 6 nitrogen and oxygen atoms in total. The highest BCUT2D eigenvalue weighted by molar-refractivity contribution is 4.93. The molecule has 1 aromatic rings. The molecule has 1 unspecified atom stereocenters. The fourth-order valence-corrected chi connectivity index (χ4v) is 2.76. The number of aryl methyl sites for hydroxylation is 1. The van der Waals surface area contributed by atoms with Gasteiger partial charge in [-0.05, 0) is 13.0 Å². The van der Waals surface area contributed by atoms with Crippen molar-refractivity contribution in [3.05, 3.63) is 11.9 Å². The summed E-state index contributed by atoms with van der Waals surface area (Å²) in [6, 6.07) is 0.602. The molecule has 20 heavy (non-hydrogen) atoms. The average molecular weight is 280 g/mol. The van der Waals surface area contributed by atoms with Gasteiger partial charge in [0, 0.05) is 52.4 Å². The summed E-state index contributed by atoms with van der Waals surface area (Å²) in [6.07, 6.45) is 1.83. The summed E-state index contributed by atoms with van der Waals surface area (Å²) in [5, 5.41) is 11.4. The minimum Gasteiger partial charge on any atom is -0.310 e. The summed E-state index contributed by atoms with van der Waals surface area (Å²) in [4.78, 5) is 5.03. The highest BCUT2D eigenvalue weighted by Gasteiger charge is 2.24. The van der Waals surface area contributed by atoms with Crippen molar-refractivity contribution in [2.24, 2.45) is 13.0 Å². The molecule has 2 heterocycles. The van der Waals surface area contributed by atoms with E-state index in [0.29, 0.717) is 12.0 Å². The molecule has 0 aromatic carbocycles. The van der Waals surface area contributed by atoms with Crippen LogP contribution < -0.4 is 5.32 Å². The Morgan fingerprint density at radius 3 is 2.45 bits per heavy atom.